The first-order valence-corrected chi connectivity index (χ1v) is 12.4. The number of ketones is 1. The monoisotopic (exact) mass is 385 g/mol. The summed E-state index contributed by atoms with van der Waals surface area (Å²) in [7, 11) is 0.287. The Morgan fingerprint density at radius 3 is 2.07 bits per heavy atom. The minimum atomic E-state index is -0.0321. The van der Waals surface area contributed by atoms with Gasteiger partial charge in [0.1, 0.15) is 17.3 Å². The van der Waals surface area contributed by atoms with Crippen molar-refractivity contribution in [3.05, 3.63) is 29.8 Å². The first kappa shape index (κ1) is 17.8. The van der Waals surface area contributed by atoms with Gasteiger partial charge in [-0.1, -0.05) is 0 Å². The number of carbonyl (C=O) groups excluding carboxylic acids is 2. The Morgan fingerprint density at radius 2 is 1.48 bits per heavy atom. The van der Waals surface area contributed by atoms with Crippen molar-refractivity contribution in [2.24, 2.45) is 29.6 Å². The fraction of sp³-hybridized carbons (Fsp3) is 0.652. The highest BCUT2D eigenvalue weighted by Crippen LogP contribution is 2.56. The first-order chi connectivity index (χ1) is 13.2. The Morgan fingerprint density at radius 1 is 0.889 bits per heavy atom. The molecule has 1 aromatic carbocycles. The van der Waals surface area contributed by atoms with Gasteiger partial charge in [0, 0.05) is 5.56 Å². The molecule has 3 nitrogen and oxygen atoms in total. The zero-order valence-electron chi connectivity index (χ0n) is 15.9. The van der Waals surface area contributed by atoms with Gasteiger partial charge >= 0.3 is 5.97 Å². The van der Waals surface area contributed by atoms with E-state index in [1.165, 1.54) is 56.5 Å². The van der Waals surface area contributed by atoms with E-state index in [2.05, 4.69) is 0 Å². The third-order valence-electron chi connectivity index (χ3n) is 7.34. The third-order valence-corrected chi connectivity index (χ3v) is 9.75. The van der Waals surface area contributed by atoms with Crippen LogP contribution in [0.15, 0.2) is 24.3 Å². The molecule has 0 atom stereocenters. The minimum absolute atomic E-state index is 0.0321. The Bertz CT molecular complexity index is 692. The topological polar surface area (TPSA) is 43.4 Å². The summed E-state index contributed by atoms with van der Waals surface area (Å²) in [6.45, 7) is 0. The maximum atomic E-state index is 12.9. The van der Waals surface area contributed by atoms with Crippen LogP contribution in [0, 0.1) is 29.6 Å². The molecule has 4 saturated carbocycles. The van der Waals surface area contributed by atoms with Gasteiger partial charge in [-0.15, -0.1) is 0 Å². The van der Waals surface area contributed by atoms with Gasteiger partial charge in [0.15, 0.2) is 5.75 Å². The number of hydrogen-bond acceptors (Lipinski definition) is 3. The van der Waals surface area contributed by atoms with E-state index in [-0.39, 0.29) is 28.6 Å². The lowest BCUT2D eigenvalue weighted by Gasteiger charge is -2.53. The molecule has 4 bridgehead atoms. The van der Waals surface area contributed by atoms with E-state index in [0.717, 1.165) is 17.4 Å². The number of ether oxygens (including phenoxy) is 1. The van der Waals surface area contributed by atoms with Crippen molar-refractivity contribution in [3.63, 3.8) is 0 Å². The van der Waals surface area contributed by atoms with Crippen molar-refractivity contribution in [2.45, 2.75) is 44.9 Å². The standard InChI is InChI=1S/C23H29O3S/c24-21(14-27-7-1-2-8-27)17-3-5-20(6-4-17)26-23(25)22-18-10-15-9-16(12-18)13-19(22)11-15/h3-6,15-16,18-19,22H,1-2,7-14H2/q+1. The summed E-state index contributed by atoms with van der Waals surface area (Å²) in [4.78, 5) is 25.3. The molecule has 1 aliphatic heterocycles. The summed E-state index contributed by atoms with van der Waals surface area (Å²) in [5.74, 6) is 6.83. The van der Waals surface area contributed by atoms with Gasteiger partial charge in [-0.25, -0.2) is 0 Å². The third kappa shape index (κ3) is 3.57. The highest BCUT2D eigenvalue weighted by Gasteiger charge is 2.51. The summed E-state index contributed by atoms with van der Waals surface area (Å²) in [6.07, 6.45) is 8.84. The van der Waals surface area contributed by atoms with E-state index >= 15 is 0 Å². The second-order valence-electron chi connectivity index (χ2n) is 9.20. The van der Waals surface area contributed by atoms with E-state index in [9.17, 15) is 9.59 Å². The predicted molar refractivity (Wildman–Crippen MR) is 108 cm³/mol. The molecule has 144 valence electrons. The molecule has 1 heterocycles. The highest BCUT2D eigenvalue weighted by atomic mass is 32.2. The Balaban J connectivity index is 1.21. The molecule has 5 aliphatic rings. The summed E-state index contributed by atoms with van der Waals surface area (Å²) in [5, 5.41) is 0. The first-order valence-electron chi connectivity index (χ1n) is 10.6. The maximum absolute atomic E-state index is 12.9. The van der Waals surface area contributed by atoms with Crippen LogP contribution in [0.4, 0.5) is 0 Å². The molecule has 0 amide bonds. The molecule has 0 unspecified atom stereocenters. The lowest BCUT2D eigenvalue weighted by atomic mass is 9.52. The zero-order chi connectivity index (χ0) is 18.4. The summed E-state index contributed by atoms with van der Waals surface area (Å²) in [5.41, 5.74) is 0.754. The number of hydrogen-bond donors (Lipinski definition) is 0. The molecule has 4 heteroatoms. The minimum Gasteiger partial charge on any atom is -0.426 e. The van der Waals surface area contributed by atoms with Crippen LogP contribution in [-0.4, -0.2) is 29.0 Å². The van der Waals surface area contributed by atoms with E-state index < -0.39 is 0 Å². The average Bonchev–Trinajstić information content (AvgIpc) is 3.14. The van der Waals surface area contributed by atoms with Crippen LogP contribution in [0.25, 0.3) is 0 Å². The molecule has 6 rings (SSSR count). The van der Waals surface area contributed by atoms with Crippen LogP contribution >= 0.6 is 0 Å². The van der Waals surface area contributed by atoms with Crippen molar-refractivity contribution >= 4 is 22.6 Å². The summed E-state index contributed by atoms with van der Waals surface area (Å²) in [6, 6.07) is 7.28. The van der Waals surface area contributed by atoms with Crippen molar-refractivity contribution in [3.8, 4) is 5.75 Å². The van der Waals surface area contributed by atoms with E-state index in [0.29, 0.717) is 23.3 Å². The number of carbonyl (C=O) groups is 2. The Kier molecular flexibility index (Phi) is 4.79. The summed E-state index contributed by atoms with van der Waals surface area (Å²) < 4.78 is 5.76. The van der Waals surface area contributed by atoms with Crippen molar-refractivity contribution in [1.29, 1.82) is 0 Å². The number of esters is 1. The quantitative estimate of drug-likeness (QED) is 0.329. The molecule has 0 radical (unpaired) electrons. The molecule has 1 saturated heterocycles. The van der Waals surface area contributed by atoms with Crippen molar-refractivity contribution in [1.82, 2.24) is 0 Å². The Hall–Kier alpha value is -1.29. The normalized spacial score (nSPS) is 34.7. The van der Waals surface area contributed by atoms with E-state index in [1.54, 1.807) is 12.1 Å². The van der Waals surface area contributed by atoms with Crippen LogP contribution in [0.5, 0.6) is 5.75 Å². The number of benzene rings is 1. The lowest BCUT2D eigenvalue weighted by molar-refractivity contribution is -0.152. The lowest BCUT2D eigenvalue weighted by Crippen LogP contribution is -2.49. The molecular formula is C23H29O3S+. The average molecular weight is 386 g/mol. The molecule has 27 heavy (non-hydrogen) atoms. The van der Waals surface area contributed by atoms with Gasteiger partial charge in [-0.3, -0.25) is 9.59 Å². The van der Waals surface area contributed by atoms with Crippen molar-refractivity contribution < 1.29 is 14.3 Å². The largest absolute Gasteiger partial charge is 0.426 e. The molecule has 0 N–H and O–H groups in total. The van der Waals surface area contributed by atoms with Crippen LogP contribution in [0.3, 0.4) is 0 Å². The molecule has 0 aromatic heterocycles. The molecular weight excluding hydrogens is 356 g/mol. The van der Waals surface area contributed by atoms with Gasteiger partial charge in [-0.05, 0) is 104 Å². The predicted octanol–water partition coefficient (Wildman–Crippen LogP) is 4.26. The van der Waals surface area contributed by atoms with Crippen LogP contribution in [0.1, 0.15) is 55.3 Å². The van der Waals surface area contributed by atoms with E-state index in [1.807, 2.05) is 12.1 Å². The SMILES string of the molecule is O=C(C[S+]1CCCC1)c1ccc(OC(=O)C2C3CC4CC(C3)CC2C4)cc1. The molecule has 1 aromatic rings. The molecule has 0 spiro atoms. The van der Waals surface area contributed by atoms with Crippen LogP contribution in [0.2, 0.25) is 0 Å². The molecule has 4 aliphatic carbocycles. The fourth-order valence-electron chi connectivity index (χ4n) is 6.33. The number of Topliss-reactive ketones (excluding diaryl/α,β-unsaturated/α-hetero) is 1. The van der Waals surface area contributed by atoms with Gasteiger partial charge < -0.3 is 4.74 Å². The van der Waals surface area contributed by atoms with Crippen LogP contribution < -0.4 is 4.74 Å². The maximum Gasteiger partial charge on any atom is 0.314 e. The van der Waals surface area contributed by atoms with Gasteiger partial charge in [0.05, 0.1) is 5.92 Å². The smallest absolute Gasteiger partial charge is 0.314 e. The zero-order valence-corrected chi connectivity index (χ0v) is 16.7. The van der Waals surface area contributed by atoms with Gasteiger partial charge in [0.2, 0.25) is 5.78 Å². The van der Waals surface area contributed by atoms with E-state index in [4.69, 9.17) is 4.74 Å². The van der Waals surface area contributed by atoms with Crippen LogP contribution in [-0.2, 0) is 15.7 Å². The van der Waals surface area contributed by atoms with Gasteiger partial charge in [0.25, 0.3) is 0 Å². The fourth-order valence-corrected chi connectivity index (χ4v) is 8.59. The second kappa shape index (κ2) is 7.27. The van der Waals surface area contributed by atoms with Gasteiger partial charge in [-0.2, -0.15) is 0 Å². The second-order valence-corrected chi connectivity index (χ2v) is 11.5. The van der Waals surface area contributed by atoms with Crippen molar-refractivity contribution in [2.75, 3.05) is 17.3 Å². The highest BCUT2D eigenvalue weighted by molar-refractivity contribution is 7.97. The Labute approximate surface area is 164 Å². The molecule has 5 fully saturated rings. The number of rotatable bonds is 5. The summed E-state index contributed by atoms with van der Waals surface area (Å²) >= 11 is 0.